The first-order valence-corrected chi connectivity index (χ1v) is 12.8. The van der Waals surface area contributed by atoms with Crippen LogP contribution in [0.5, 0.6) is 17.2 Å². The van der Waals surface area contributed by atoms with Gasteiger partial charge in [-0.25, -0.2) is 13.6 Å². The first kappa shape index (κ1) is 24.7. The molecule has 3 rings (SSSR count). The molecule has 0 radical (unpaired) electrons. The SMILES string of the molecule is CC(C)c1cc(Oc2c(Br)cc(C(=O)c3cc(Cl)ccc3S(N)(=O)=O)cc2Br)ccc1O. The molecule has 0 fully saturated rings. The number of hydrogen-bond donors (Lipinski definition) is 2. The van der Waals surface area contributed by atoms with Crippen LogP contribution in [-0.4, -0.2) is 19.3 Å². The number of aromatic hydroxyl groups is 1. The molecule has 0 atom stereocenters. The molecule has 10 heteroatoms. The van der Waals surface area contributed by atoms with E-state index in [0.717, 1.165) is 5.56 Å². The third-order valence-electron chi connectivity index (χ3n) is 4.59. The van der Waals surface area contributed by atoms with E-state index >= 15 is 0 Å². The van der Waals surface area contributed by atoms with Crippen molar-refractivity contribution in [3.05, 3.63) is 79.2 Å². The van der Waals surface area contributed by atoms with E-state index in [1.54, 1.807) is 18.2 Å². The number of primary sulfonamides is 1. The molecule has 3 N–H and O–H groups in total. The maximum Gasteiger partial charge on any atom is 0.238 e. The second kappa shape index (κ2) is 9.52. The van der Waals surface area contributed by atoms with Gasteiger partial charge in [0.25, 0.3) is 0 Å². The van der Waals surface area contributed by atoms with Gasteiger partial charge in [-0.2, -0.15) is 0 Å². The Bertz CT molecular complexity index is 1300. The first-order chi connectivity index (χ1) is 14.9. The molecular weight excluding hydrogens is 586 g/mol. The lowest BCUT2D eigenvalue weighted by atomic mass is 10.0. The van der Waals surface area contributed by atoms with Crippen molar-refractivity contribution in [2.24, 2.45) is 5.14 Å². The second-order valence-corrected chi connectivity index (χ2v) is 10.9. The molecule has 0 bridgehead atoms. The standard InChI is InChI=1S/C22H18Br2ClNO5S/c1-11(2)15-10-14(4-5-19(15)27)31-22-17(23)7-12(8-18(22)24)21(28)16-9-13(25)3-6-20(16)32(26,29)30/h3-11,27H,1-2H3,(H2,26,29,30). The molecule has 0 saturated heterocycles. The molecule has 3 aromatic carbocycles. The summed E-state index contributed by atoms with van der Waals surface area (Å²) in [5.74, 6) is 0.601. The molecule has 0 saturated carbocycles. The summed E-state index contributed by atoms with van der Waals surface area (Å²) in [4.78, 5) is 12.8. The molecule has 0 aromatic heterocycles. The van der Waals surface area contributed by atoms with Crippen LogP contribution < -0.4 is 9.88 Å². The minimum atomic E-state index is -4.14. The number of ether oxygens (including phenoxy) is 1. The largest absolute Gasteiger partial charge is 0.508 e. The summed E-state index contributed by atoms with van der Waals surface area (Å²) in [7, 11) is -4.14. The van der Waals surface area contributed by atoms with Gasteiger partial charge in [0.05, 0.1) is 13.8 Å². The highest BCUT2D eigenvalue weighted by Gasteiger charge is 2.23. The molecule has 0 heterocycles. The lowest BCUT2D eigenvalue weighted by Crippen LogP contribution is -2.17. The number of phenolic OH excluding ortho intramolecular Hbond substituents is 1. The highest BCUT2D eigenvalue weighted by atomic mass is 79.9. The van der Waals surface area contributed by atoms with E-state index in [1.807, 2.05) is 13.8 Å². The zero-order chi connectivity index (χ0) is 23.8. The Balaban J connectivity index is 2.01. The van der Waals surface area contributed by atoms with Gasteiger partial charge in [0.2, 0.25) is 10.0 Å². The summed E-state index contributed by atoms with van der Waals surface area (Å²) in [5, 5.41) is 15.5. The zero-order valence-electron chi connectivity index (χ0n) is 16.9. The Kier molecular flexibility index (Phi) is 7.36. The molecule has 0 unspecified atom stereocenters. The lowest BCUT2D eigenvalue weighted by Gasteiger charge is -2.15. The van der Waals surface area contributed by atoms with Crippen LogP contribution in [0.15, 0.2) is 62.4 Å². The van der Waals surface area contributed by atoms with Crippen LogP contribution in [0.2, 0.25) is 5.02 Å². The van der Waals surface area contributed by atoms with Crippen LogP contribution in [0.4, 0.5) is 0 Å². The normalized spacial score (nSPS) is 11.6. The summed E-state index contributed by atoms with van der Waals surface area (Å²) in [5.41, 5.74) is 0.794. The summed E-state index contributed by atoms with van der Waals surface area (Å²) >= 11 is 12.8. The fraction of sp³-hybridized carbons (Fsp3) is 0.136. The van der Waals surface area contributed by atoms with E-state index in [4.69, 9.17) is 21.5 Å². The number of benzene rings is 3. The predicted octanol–water partition coefficient (Wildman–Crippen LogP) is 6.36. The Hall–Kier alpha value is -1.91. The van der Waals surface area contributed by atoms with Crippen molar-refractivity contribution in [1.82, 2.24) is 0 Å². The Labute approximate surface area is 207 Å². The number of hydrogen-bond acceptors (Lipinski definition) is 5. The van der Waals surface area contributed by atoms with E-state index < -0.39 is 15.8 Å². The van der Waals surface area contributed by atoms with E-state index in [2.05, 4.69) is 31.9 Å². The number of rotatable bonds is 6. The molecule has 0 aliphatic carbocycles. The fourth-order valence-electron chi connectivity index (χ4n) is 3.05. The van der Waals surface area contributed by atoms with Crippen LogP contribution in [0.3, 0.4) is 0 Å². The van der Waals surface area contributed by atoms with E-state index in [0.29, 0.717) is 20.4 Å². The third-order valence-corrected chi connectivity index (χ3v) is 6.98. The van der Waals surface area contributed by atoms with Crippen molar-refractivity contribution in [3.63, 3.8) is 0 Å². The van der Waals surface area contributed by atoms with Gasteiger partial charge in [-0.3, -0.25) is 4.79 Å². The van der Waals surface area contributed by atoms with Crippen molar-refractivity contribution in [3.8, 4) is 17.2 Å². The number of nitrogens with two attached hydrogens (primary N) is 1. The molecular formula is C22H18Br2ClNO5S. The smallest absolute Gasteiger partial charge is 0.238 e. The van der Waals surface area contributed by atoms with Crippen LogP contribution in [-0.2, 0) is 10.0 Å². The fourth-order valence-corrected chi connectivity index (χ4v) is 5.28. The van der Waals surface area contributed by atoms with Crippen LogP contribution in [0.1, 0.15) is 41.3 Å². The minimum Gasteiger partial charge on any atom is -0.508 e. The van der Waals surface area contributed by atoms with Gasteiger partial charge in [-0.1, -0.05) is 25.4 Å². The first-order valence-electron chi connectivity index (χ1n) is 9.25. The number of ketones is 1. The predicted molar refractivity (Wildman–Crippen MR) is 130 cm³/mol. The topological polar surface area (TPSA) is 107 Å². The maximum absolute atomic E-state index is 13.1. The van der Waals surface area contributed by atoms with E-state index in [-0.39, 0.29) is 32.7 Å². The molecule has 0 spiro atoms. The molecule has 0 aliphatic rings. The van der Waals surface area contributed by atoms with Crippen molar-refractivity contribution in [2.75, 3.05) is 0 Å². The molecule has 3 aromatic rings. The van der Waals surface area contributed by atoms with Gasteiger partial charge in [0.1, 0.15) is 11.5 Å². The van der Waals surface area contributed by atoms with Gasteiger partial charge in [0.15, 0.2) is 11.5 Å². The summed E-state index contributed by atoms with van der Waals surface area (Å²) in [6.45, 7) is 3.91. The van der Waals surface area contributed by atoms with Gasteiger partial charge in [0, 0.05) is 21.7 Å². The number of phenols is 1. The van der Waals surface area contributed by atoms with Crippen LogP contribution in [0.25, 0.3) is 0 Å². The minimum absolute atomic E-state index is 0.0937. The van der Waals surface area contributed by atoms with Crippen LogP contribution in [0, 0.1) is 0 Å². The van der Waals surface area contributed by atoms with Crippen molar-refractivity contribution in [1.29, 1.82) is 0 Å². The Morgan fingerprint density at radius 1 is 1.06 bits per heavy atom. The second-order valence-electron chi connectivity index (χ2n) is 7.26. The van der Waals surface area contributed by atoms with Gasteiger partial charge in [-0.15, -0.1) is 0 Å². The van der Waals surface area contributed by atoms with Gasteiger partial charge < -0.3 is 9.84 Å². The molecule has 0 amide bonds. The van der Waals surface area contributed by atoms with Gasteiger partial charge in [-0.05, 0) is 86.3 Å². The molecule has 32 heavy (non-hydrogen) atoms. The van der Waals surface area contributed by atoms with E-state index in [9.17, 15) is 18.3 Å². The van der Waals surface area contributed by atoms with Gasteiger partial charge >= 0.3 is 0 Å². The number of halogens is 3. The molecule has 0 aliphatic heterocycles. The highest BCUT2D eigenvalue weighted by Crippen LogP contribution is 2.40. The third kappa shape index (κ3) is 5.35. The highest BCUT2D eigenvalue weighted by molar-refractivity contribution is 9.11. The summed E-state index contributed by atoms with van der Waals surface area (Å²) in [6, 6.07) is 11.8. The lowest BCUT2D eigenvalue weighted by molar-refractivity contribution is 0.103. The number of carbonyl (C=O) groups is 1. The van der Waals surface area contributed by atoms with E-state index in [1.165, 1.54) is 30.3 Å². The number of sulfonamides is 1. The van der Waals surface area contributed by atoms with Crippen molar-refractivity contribution >= 4 is 59.3 Å². The van der Waals surface area contributed by atoms with Crippen molar-refractivity contribution in [2.45, 2.75) is 24.7 Å². The summed E-state index contributed by atoms with van der Waals surface area (Å²) < 4.78 is 30.7. The monoisotopic (exact) mass is 601 g/mol. The van der Waals surface area contributed by atoms with Crippen LogP contribution >= 0.6 is 43.5 Å². The zero-order valence-corrected chi connectivity index (χ0v) is 21.6. The summed E-state index contributed by atoms with van der Waals surface area (Å²) in [6.07, 6.45) is 0. The molecule has 6 nitrogen and oxygen atoms in total. The number of carbonyl (C=O) groups excluding carboxylic acids is 1. The Morgan fingerprint density at radius 3 is 2.25 bits per heavy atom. The molecule has 168 valence electrons. The maximum atomic E-state index is 13.1. The van der Waals surface area contributed by atoms with Crippen molar-refractivity contribution < 1.29 is 23.1 Å². The average Bonchev–Trinajstić information content (AvgIpc) is 2.69. The average molecular weight is 604 g/mol. The Morgan fingerprint density at radius 2 is 1.69 bits per heavy atom. The quantitative estimate of drug-likeness (QED) is 0.319.